The van der Waals surface area contributed by atoms with Gasteiger partial charge in [-0.2, -0.15) is 0 Å². The van der Waals surface area contributed by atoms with E-state index >= 15 is 0 Å². The maximum atomic E-state index is 11.8. The first-order valence-electron chi connectivity index (χ1n) is 6.24. The van der Waals surface area contributed by atoms with Crippen LogP contribution in [0.1, 0.15) is 43.7 Å². The van der Waals surface area contributed by atoms with Gasteiger partial charge in [0.1, 0.15) is 4.90 Å². The van der Waals surface area contributed by atoms with E-state index in [4.69, 9.17) is 15.1 Å². The standard InChI is InChI=1S/C12H17BrClNO4S/c1-8(2)5-3-4-6-15-12(16)9-7-10(11(13)19-9)20(14,17)18/h7-8H,3-6H2,1-2H3,(H,15,16). The van der Waals surface area contributed by atoms with Gasteiger partial charge in [0, 0.05) is 23.3 Å². The molecule has 1 aromatic heterocycles. The molecule has 0 aromatic carbocycles. The minimum absolute atomic E-state index is 0.0718. The zero-order chi connectivity index (χ0) is 15.3. The zero-order valence-corrected chi connectivity index (χ0v) is 14.4. The van der Waals surface area contributed by atoms with Gasteiger partial charge in [0.25, 0.3) is 15.0 Å². The first kappa shape index (κ1) is 17.5. The van der Waals surface area contributed by atoms with Crippen LogP contribution in [0.5, 0.6) is 0 Å². The molecule has 1 amide bonds. The van der Waals surface area contributed by atoms with Gasteiger partial charge in [0.05, 0.1) is 0 Å². The molecule has 0 aliphatic rings. The minimum Gasteiger partial charge on any atom is -0.443 e. The highest BCUT2D eigenvalue weighted by atomic mass is 79.9. The van der Waals surface area contributed by atoms with Crippen LogP contribution < -0.4 is 5.32 Å². The van der Waals surface area contributed by atoms with E-state index in [1.807, 2.05) is 0 Å². The number of unbranched alkanes of at least 4 members (excludes halogenated alkanes) is 1. The van der Waals surface area contributed by atoms with Crippen molar-refractivity contribution in [3.05, 3.63) is 16.5 Å². The highest BCUT2D eigenvalue weighted by Gasteiger charge is 2.22. The summed E-state index contributed by atoms with van der Waals surface area (Å²) >= 11 is 2.92. The molecule has 0 atom stereocenters. The van der Waals surface area contributed by atoms with E-state index in [1.165, 1.54) is 0 Å². The second kappa shape index (κ2) is 7.47. The Kier molecular flexibility index (Phi) is 6.54. The number of hydrogen-bond donors (Lipinski definition) is 1. The molecule has 0 aliphatic heterocycles. The van der Waals surface area contributed by atoms with Crippen LogP contribution in [-0.4, -0.2) is 20.9 Å². The normalized spacial score (nSPS) is 11.8. The lowest BCUT2D eigenvalue weighted by atomic mass is 10.1. The number of furan rings is 1. The van der Waals surface area contributed by atoms with Gasteiger partial charge in [-0.05, 0) is 28.3 Å². The zero-order valence-electron chi connectivity index (χ0n) is 11.3. The molecular weight excluding hydrogens is 370 g/mol. The molecule has 0 fully saturated rings. The van der Waals surface area contributed by atoms with E-state index in [0.29, 0.717) is 12.5 Å². The lowest BCUT2D eigenvalue weighted by Gasteiger charge is -2.05. The topological polar surface area (TPSA) is 76.4 Å². The monoisotopic (exact) mass is 385 g/mol. The van der Waals surface area contributed by atoms with Crippen LogP contribution in [-0.2, 0) is 9.05 Å². The molecule has 0 saturated carbocycles. The number of amides is 1. The molecule has 1 rings (SSSR count). The fourth-order valence-electron chi connectivity index (χ4n) is 1.60. The van der Waals surface area contributed by atoms with Crippen molar-refractivity contribution in [1.82, 2.24) is 5.32 Å². The Balaban J connectivity index is 2.53. The van der Waals surface area contributed by atoms with Gasteiger partial charge < -0.3 is 9.73 Å². The number of carbonyl (C=O) groups is 1. The summed E-state index contributed by atoms with van der Waals surface area (Å²) in [5.74, 6) is 0.102. The Bertz CT molecular complexity index is 568. The number of nitrogens with one attached hydrogen (secondary N) is 1. The van der Waals surface area contributed by atoms with Crippen LogP contribution in [0.4, 0.5) is 0 Å². The molecule has 8 heteroatoms. The van der Waals surface area contributed by atoms with Crippen LogP contribution in [0.15, 0.2) is 20.0 Å². The molecule has 0 aliphatic carbocycles. The number of rotatable bonds is 7. The van der Waals surface area contributed by atoms with Gasteiger partial charge in [0.2, 0.25) is 0 Å². The maximum Gasteiger partial charge on any atom is 0.287 e. The van der Waals surface area contributed by atoms with E-state index < -0.39 is 15.0 Å². The summed E-state index contributed by atoms with van der Waals surface area (Å²) in [6.45, 7) is 4.81. The quantitative estimate of drug-likeness (QED) is 0.574. The van der Waals surface area contributed by atoms with Crippen LogP contribution >= 0.6 is 26.6 Å². The van der Waals surface area contributed by atoms with Gasteiger partial charge in [-0.1, -0.05) is 26.7 Å². The molecule has 114 valence electrons. The highest BCUT2D eigenvalue weighted by molar-refractivity contribution is 9.10. The van der Waals surface area contributed by atoms with E-state index in [9.17, 15) is 13.2 Å². The first-order chi connectivity index (χ1) is 9.21. The van der Waals surface area contributed by atoms with Crippen molar-refractivity contribution < 1.29 is 17.6 Å². The molecule has 0 radical (unpaired) electrons. The summed E-state index contributed by atoms with van der Waals surface area (Å²) in [7, 11) is 1.27. The smallest absolute Gasteiger partial charge is 0.287 e. The van der Waals surface area contributed by atoms with Crippen LogP contribution in [0, 0.1) is 5.92 Å². The average Bonchev–Trinajstić information content (AvgIpc) is 2.70. The molecule has 1 N–H and O–H groups in total. The van der Waals surface area contributed by atoms with Gasteiger partial charge >= 0.3 is 0 Å². The summed E-state index contributed by atoms with van der Waals surface area (Å²) in [4.78, 5) is 11.5. The van der Waals surface area contributed by atoms with Crippen LogP contribution in [0.2, 0.25) is 0 Å². The first-order valence-corrected chi connectivity index (χ1v) is 9.34. The molecule has 0 saturated heterocycles. The van der Waals surface area contributed by atoms with E-state index in [0.717, 1.165) is 25.3 Å². The predicted molar refractivity (Wildman–Crippen MR) is 80.5 cm³/mol. The van der Waals surface area contributed by atoms with Crippen molar-refractivity contribution in [3.8, 4) is 0 Å². The largest absolute Gasteiger partial charge is 0.443 e. The fourth-order valence-corrected chi connectivity index (χ4v) is 3.63. The predicted octanol–water partition coefficient (Wildman–Crippen LogP) is 3.53. The summed E-state index contributed by atoms with van der Waals surface area (Å²) in [6, 6.07) is 1.11. The summed E-state index contributed by atoms with van der Waals surface area (Å²) < 4.78 is 27.4. The minimum atomic E-state index is -3.93. The Labute approximate surface area is 131 Å². The van der Waals surface area contributed by atoms with E-state index in [1.54, 1.807) is 0 Å². The number of halogens is 2. The van der Waals surface area contributed by atoms with Crippen molar-refractivity contribution in [2.24, 2.45) is 5.92 Å². The molecule has 0 bridgehead atoms. The summed E-state index contributed by atoms with van der Waals surface area (Å²) in [5, 5.41) is 2.67. The summed E-state index contributed by atoms with van der Waals surface area (Å²) in [6.07, 6.45) is 3.00. The van der Waals surface area contributed by atoms with Crippen LogP contribution in [0.3, 0.4) is 0 Å². The fraction of sp³-hybridized carbons (Fsp3) is 0.583. The van der Waals surface area contributed by atoms with Crippen LogP contribution in [0.25, 0.3) is 0 Å². The summed E-state index contributed by atoms with van der Waals surface area (Å²) in [5.41, 5.74) is 0. The van der Waals surface area contributed by atoms with Crippen molar-refractivity contribution in [2.45, 2.75) is 38.0 Å². The molecule has 5 nitrogen and oxygen atoms in total. The van der Waals surface area contributed by atoms with E-state index in [2.05, 4.69) is 35.1 Å². The average molecular weight is 387 g/mol. The third-order valence-electron chi connectivity index (χ3n) is 2.64. The molecule has 1 heterocycles. The van der Waals surface area contributed by atoms with Gasteiger partial charge in [-0.25, -0.2) is 8.42 Å². The molecule has 0 unspecified atom stereocenters. The van der Waals surface area contributed by atoms with E-state index in [-0.39, 0.29) is 15.3 Å². The Morgan fingerprint density at radius 3 is 2.60 bits per heavy atom. The second-order valence-corrected chi connectivity index (χ2v) is 8.09. The Morgan fingerprint density at radius 1 is 1.45 bits per heavy atom. The number of hydrogen-bond acceptors (Lipinski definition) is 4. The lowest BCUT2D eigenvalue weighted by molar-refractivity contribution is 0.0924. The van der Waals surface area contributed by atoms with Crippen molar-refractivity contribution in [2.75, 3.05) is 6.54 Å². The molecular formula is C12H17BrClNO4S. The molecule has 0 spiro atoms. The van der Waals surface area contributed by atoms with Crippen molar-refractivity contribution in [1.29, 1.82) is 0 Å². The Hall–Kier alpha value is -0.530. The van der Waals surface area contributed by atoms with Gasteiger partial charge in [0.15, 0.2) is 10.4 Å². The SMILES string of the molecule is CC(C)CCCCNC(=O)c1cc(S(=O)(=O)Cl)c(Br)o1. The third-order valence-corrected chi connectivity index (χ3v) is 4.81. The lowest BCUT2D eigenvalue weighted by Crippen LogP contribution is -2.24. The van der Waals surface area contributed by atoms with Gasteiger partial charge in [-0.3, -0.25) is 4.79 Å². The molecule has 20 heavy (non-hydrogen) atoms. The highest BCUT2D eigenvalue weighted by Crippen LogP contribution is 2.28. The third kappa shape index (κ3) is 5.46. The number of carbonyl (C=O) groups excluding carboxylic acids is 1. The van der Waals surface area contributed by atoms with Crippen molar-refractivity contribution >= 4 is 41.6 Å². The molecule has 1 aromatic rings. The van der Waals surface area contributed by atoms with Gasteiger partial charge in [-0.15, -0.1) is 0 Å². The second-order valence-electron chi connectivity index (χ2n) is 4.83. The Morgan fingerprint density at radius 2 is 2.10 bits per heavy atom. The van der Waals surface area contributed by atoms with Crippen molar-refractivity contribution in [3.63, 3.8) is 0 Å². The maximum absolute atomic E-state index is 11.8.